The number of benzene rings is 2. The van der Waals surface area contributed by atoms with Crippen molar-refractivity contribution >= 4 is 22.6 Å². The Labute approximate surface area is 197 Å². The number of hydrogen-bond donors (Lipinski definition) is 1. The number of alkyl halides is 3. The summed E-state index contributed by atoms with van der Waals surface area (Å²) in [6.07, 6.45) is -1.89. The lowest BCUT2D eigenvalue weighted by molar-refractivity contribution is -0.138. The van der Waals surface area contributed by atoms with Crippen LogP contribution in [0.3, 0.4) is 0 Å². The molecular weight excluding hydrogens is 466 g/mol. The fourth-order valence-electron chi connectivity index (χ4n) is 3.51. The number of carbonyl (C=O) groups excluding carboxylic acids is 1. The van der Waals surface area contributed by atoms with Crippen LogP contribution in [0.15, 0.2) is 67.0 Å². The lowest BCUT2D eigenvalue weighted by Gasteiger charge is -2.18. The van der Waals surface area contributed by atoms with Gasteiger partial charge in [-0.05, 0) is 60.3 Å². The first-order valence-corrected chi connectivity index (χ1v) is 10.4. The summed E-state index contributed by atoms with van der Waals surface area (Å²) in [7, 11) is 1.30. The molecule has 6 nitrogen and oxygen atoms in total. The Bertz CT molecular complexity index is 1370. The van der Waals surface area contributed by atoms with E-state index in [4.69, 9.17) is 9.47 Å². The van der Waals surface area contributed by atoms with Crippen molar-refractivity contribution in [3.8, 4) is 11.6 Å². The van der Waals surface area contributed by atoms with E-state index >= 15 is 0 Å². The van der Waals surface area contributed by atoms with E-state index in [9.17, 15) is 22.4 Å². The number of halogens is 4. The van der Waals surface area contributed by atoms with E-state index in [0.717, 1.165) is 17.7 Å². The van der Waals surface area contributed by atoms with Gasteiger partial charge in [-0.3, -0.25) is 0 Å². The number of methoxy groups -OCH3 is 1. The average molecular weight is 485 g/mol. The van der Waals surface area contributed by atoms with Gasteiger partial charge in [0, 0.05) is 18.4 Å². The van der Waals surface area contributed by atoms with Gasteiger partial charge < -0.3 is 14.8 Å². The summed E-state index contributed by atoms with van der Waals surface area (Å²) in [4.78, 5) is 20.1. The van der Waals surface area contributed by atoms with Crippen molar-refractivity contribution in [2.75, 3.05) is 12.4 Å². The molecule has 0 aliphatic carbocycles. The SMILES string of the molecule is COC(=O)c1ccc([C@H](C)Nc2nccc3ccnc(Oc4ccc(F)cc4C(F)(F)F)c23)cc1. The Morgan fingerprint density at radius 3 is 2.34 bits per heavy atom. The molecule has 10 heteroatoms. The number of ether oxygens (including phenoxy) is 2. The van der Waals surface area contributed by atoms with Crippen LogP contribution in [-0.4, -0.2) is 23.0 Å². The number of aromatic nitrogens is 2. The Balaban J connectivity index is 1.70. The summed E-state index contributed by atoms with van der Waals surface area (Å²) in [6.45, 7) is 1.85. The van der Waals surface area contributed by atoms with Gasteiger partial charge in [-0.2, -0.15) is 13.2 Å². The van der Waals surface area contributed by atoms with Crippen LogP contribution in [0.4, 0.5) is 23.4 Å². The van der Waals surface area contributed by atoms with Gasteiger partial charge in [-0.25, -0.2) is 19.2 Å². The minimum atomic E-state index is -4.83. The molecule has 1 atom stereocenters. The van der Waals surface area contributed by atoms with E-state index in [1.165, 1.54) is 13.3 Å². The number of carbonyl (C=O) groups is 1. The number of pyridine rings is 2. The molecule has 35 heavy (non-hydrogen) atoms. The molecule has 4 aromatic rings. The van der Waals surface area contributed by atoms with E-state index in [2.05, 4.69) is 15.3 Å². The second-order valence-electron chi connectivity index (χ2n) is 7.59. The number of hydrogen-bond acceptors (Lipinski definition) is 6. The third-order valence-corrected chi connectivity index (χ3v) is 5.28. The fourth-order valence-corrected chi connectivity index (χ4v) is 3.51. The lowest BCUT2D eigenvalue weighted by atomic mass is 10.1. The third kappa shape index (κ3) is 5.16. The van der Waals surface area contributed by atoms with Crippen LogP contribution < -0.4 is 10.1 Å². The molecule has 2 aromatic heterocycles. The zero-order chi connectivity index (χ0) is 25.2. The zero-order valence-corrected chi connectivity index (χ0v) is 18.6. The molecule has 4 rings (SSSR count). The lowest BCUT2D eigenvalue weighted by Crippen LogP contribution is -2.10. The second kappa shape index (κ2) is 9.57. The highest BCUT2D eigenvalue weighted by molar-refractivity contribution is 5.96. The topological polar surface area (TPSA) is 73.3 Å². The molecule has 2 aromatic carbocycles. The van der Waals surface area contributed by atoms with E-state index in [-0.39, 0.29) is 11.9 Å². The van der Waals surface area contributed by atoms with E-state index < -0.39 is 29.3 Å². The molecule has 0 saturated carbocycles. The third-order valence-electron chi connectivity index (χ3n) is 5.28. The Hall–Kier alpha value is -4.21. The molecule has 0 aliphatic rings. The molecule has 0 unspecified atom stereocenters. The molecule has 0 saturated heterocycles. The van der Waals surface area contributed by atoms with Crippen molar-refractivity contribution in [1.29, 1.82) is 0 Å². The van der Waals surface area contributed by atoms with Crippen LogP contribution in [0.1, 0.15) is 34.5 Å². The quantitative estimate of drug-likeness (QED) is 0.247. The fraction of sp³-hybridized carbons (Fsp3) is 0.160. The van der Waals surface area contributed by atoms with Gasteiger partial charge in [0.15, 0.2) is 0 Å². The molecule has 0 amide bonds. The number of anilines is 1. The monoisotopic (exact) mass is 485 g/mol. The molecule has 0 radical (unpaired) electrons. The van der Waals surface area contributed by atoms with E-state index in [0.29, 0.717) is 28.2 Å². The van der Waals surface area contributed by atoms with Crippen LogP contribution >= 0.6 is 0 Å². The van der Waals surface area contributed by atoms with E-state index in [1.54, 1.807) is 42.6 Å². The van der Waals surface area contributed by atoms with Gasteiger partial charge in [0.1, 0.15) is 22.9 Å². The van der Waals surface area contributed by atoms with Gasteiger partial charge in [-0.1, -0.05) is 12.1 Å². The zero-order valence-electron chi connectivity index (χ0n) is 18.6. The predicted octanol–water partition coefficient (Wildman–Crippen LogP) is 6.54. The largest absolute Gasteiger partial charge is 0.465 e. The number of fused-ring (bicyclic) bond motifs is 1. The molecule has 0 spiro atoms. The number of nitrogens with zero attached hydrogens (tertiary/aromatic N) is 2. The second-order valence-corrected chi connectivity index (χ2v) is 7.59. The number of esters is 1. The predicted molar refractivity (Wildman–Crippen MR) is 121 cm³/mol. The van der Waals surface area contributed by atoms with Gasteiger partial charge in [0.05, 0.1) is 18.1 Å². The first-order chi connectivity index (χ1) is 16.7. The molecule has 0 fully saturated rings. The highest BCUT2D eigenvalue weighted by Crippen LogP contribution is 2.40. The Morgan fingerprint density at radius 1 is 1.00 bits per heavy atom. The van der Waals surface area contributed by atoms with Gasteiger partial charge in [-0.15, -0.1) is 0 Å². The maximum absolute atomic E-state index is 13.5. The van der Waals surface area contributed by atoms with Crippen molar-refractivity contribution in [2.24, 2.45) is 0 Å². The van der Waals surface area contributed by atoms with Crippen LogP contribution in [0.2, 0.25) is 0 Å². The molecule has 2 heterocycles. The van der Waals surface area contributed by atoms with Gasteiger partial charge in [0.25, 0.3) is 0 Å². The molecular formula is C25H19F4N3O3. The summed E-state index contributed by atoms with van der Waals surface area (Å²) in [6, 6.07) is 11.9. The van der Waals surface area contributed by atoms with E-state index in [1.807, 2.05) is 6.92 Å². The van der Waals surface area contributed by atoms with Crippen LogP contribution in [-0.2, 0) is 10.9 Å². The van der Waals surface area contributed by atoms with Crippen molar-refractivity contribution in [1.82, 2.24) is 9.97 Å². The van der Waals surface area contributed by atoms with Gasteiger partial charge >= 0.3 is 12.1 Å². The number of nitrogens with one attached hydrogen (secondary N) is 1. The molecule has 0 aliphatic heterocycles. The number of rotatable bonds is 6. The van der Waals surface area contributed by atoms with Crippen molar-refractivity contribution < 1.29 is 31.8 Å². The molecule has 0 bridgehead atoms. The maximum atomic E-state index is 13.5. The average Bonchev–Trinajstić information content (AvgIpc) is 2.84. The smallest absolute Gasteiger partial charge is 0.420 e. The van der Waals surface area contributed by atoms with Crippen LogP contribution in [0.5, 0.6) is 11.6 Å². The highest BCUT2D eigenvalue weighted by atomic mass is 19.4. The highest BCUT2D eigenvalue weighted by Gasteiger charge is 2.35. The first kappa shape index (κ1) is 23.9. The summed E-state index contributed by atoms with van der Waals surface area (Å²) < 4.78 is 64.2. The minimum Gasteiger partial charge on any atom is -0.465 e. The first-order valence-electron chi connectivity index (χ1n) is 10.4. The standard InChI is InChI=1S/C25H19F4N3O3/c1-14(15-3-5-17(6-4-15)24(33)34-2)32-22-21-16(9-11-30-22)10-12-31-23(21)35-20-8-7-18(26)13-19(20)25(27,28)29/h3-14H,1-2H3,(H,30,32)/t14-/m0/s1. The summed E-state index contributed by atoms with van der Waals surface area (Å²) in [5.74, 6) is -1.87. The van der Waals surface area contributed by atoms with Gasteiger partial charge in [0.2, 0.25) is 5.88 Å². The van der Waals surface area contributed by atoms with Crippen LogP contribution in [0, 0.1) is 5.82 Å². The molecule has 1 N–H and O–H groups in total. The van der Waals surface area contributed by atoms with Crippen molar-refractivity contribution in [2.45, 2.75) is 19.1 Å². The van der Waals surface area contributed by atoms with Crippen LogP contribution in [0.25, 0.3) is 10.8 Å². The van der Waals surface area contributed by atoms with Crippen molar-refractivity contribution in [3.05, 3.63) is 89.5 Å². The molecule has 180 valence electrons. The normalized spacial score (nSPS) is 12.3. The Kier molecular flexibility index (Phi) is 6.54. The van der Waals surface area contributed by atoms with Crippen molar-refractivity contribution in [3.63, 3.8) is 0 Å². The summed E-state index contributed by atoms with van der Waals surface area (Å²) in [5.41, 5.74) is -0.0409. The Morgan fingerprint density at radius 2 is 1.69 bits per heavy atom. The minimum absolute atomic E-state index is 0.122. The summed E-state index contributed by atoms with van der Waals surface area (Å²) in [5, 5.41) is 4.19. The maximum Gasteiger partial charge on any atom is 0.420 e. The summed E-state index contributed by atoms with van der Waals surface area (Å²) >= 11 is 0.